The number of fused-ring (bicyclic) bond motifs is 1. The highest BCUT2D eigenvalue weighted by atomic mass is 35.5. The number of Topliss-reactive ketones (excluding diaryl/α,β-unsaturated/α-hetero) is 2. The van der Waals surface area contributed by atoms with E-state index in [9.17, 15) is 22.8 Å². The second-order valence-electron chi connectivity index (χ2n) is 5.77. The summed E-state index contributed by atoms with van der Waals surface area (Å²) >= 11 is 6.02. The Labute approximate surface area is 152 Å². The smallest absolute Gasteiger partial charge is 0.380 e. The summed E-state index contributed by atoms with van der Waals surface area (Å²) in [5.74, 6) is -0.863. The maximum absolute atomic E-state index is 12.7. The fourth-order valence-corrected chi connectivity index (χ4v) is 2.99. The number of hydrogen-bond donors (Lipinski definition) is 1. The van der Waals surface area contributed by atoms with Gasteiger partial charge in [0.2, 0.25) is 11.6 Å². The van der Waals surface area contributed by atoms with E-state index in [1.165, 1.54) is 18.2 Å². The lowest BCUT2D eigenvalue weighted by Gasteiger charge is -2.19. The Morgan fingerprint density at radius 2 is 1.58 bits per heavy atom. The van der Waals surface area contributed by atoms with E-state index in [-0.39, 0.29) is 34.8 Å². The van der Waals surface area contributed by atoms with Gasteiger partial charge in [-0.3, -0.25) is 9.59 Å². The van der Waals surface area contributed by atoms with E-state index in [0.29, 0.717) is 5.56 Å². The molecule has 0 spiro atoms. The summed E-state index contributed by atoms with van der Waals surface area (Å²) in [6.45, 7) is 0.161. The van der Waals surface area contributed by atoms with E-state index in [1.807, 2.05) is 0 Å². The Bertz CT molecular complexity index is 919. The molecular weight excluding hydrogens is 367 g/mol. The van der Waals surface area contributed by atoms with Crippen LogP contribution in [0.2, 0.25) is 0 Å². The molecule has 26 heavy (non-hydrogen) atoms. The summed E-state index contributed by atoms with van der Waals surface area (Å²) in [6.07, 6.45) is -4.18. The molecule has 7 heteroatoms. The second kappa shape index (κ2) is 6.96. The molecule has 0 amide bonds. The Morgan fingerprint density at radius 1 is 0.923 bits per heavy atom. The van der Waals surface area contributed by atoms with Gasteiger partial charge in [0.05, 0.1) is 5.56 Å². The lowest BCUT2D eigenvalue weighted by molar-refractivity contribution is -0.137. The van der Waals surface area contributed by atoms with Crippen LogP contribution < -0.4 is 5.32 Å². The van der Waals surface area contributed by atoms with Crippen molar-refractivity contribution in [3.63, 3.8) is 0 Å². The Balaban J connectivity index is 1.74. The van der Waals surface area contributed by atoms with Crippen molar-refractivity contribution >= 4 is 23.2 Å². The molecule has 0 fully saturated rings. The number of hydrogen-bond acceptors (Lipinski definition) is 3. The maximum atomic E-state index is 12.7. The maximum Gasteiger partial charge on any atom is 0.416 e. The third kappa shape index (κ3) is 3.51. The van der Waals surface area contributed by atoms with Crippen LogP contribution in [-0.2, 0) is 12.6 Å². The Morgan fingerprint density at radius 3 is 2.23 bits per heavy atom. The molecule has 0 bridgehead atoms. The molecule has 1 aliphatic carbocycles. The lowest BCUT2D eigenvalue weighted by atomic mass is 9.92. The van der Waals surface area contributed by atoms with Gasteiger partial charge in [-0.2, -0.15) is 13.2 Å². The summed E-state index contributed by atoms with van der Waals surface area (Å²) in [4.78, 5) is 24.7. The largest absolute Gasteiger partial charge is 0.416 e. The number of ketones is 2. The van der Waals surface area contributed by atoms with Gasteiger partial charge in [-0.1, -0.05) is 54.1 Å². The van der Waals surface area contributed by atoms with Crippen LogP contribution in [0.5, 0.6) is 0 Å². The van der Waals surface area contributed by atoms with Gasteiger partial charge in [-0.15, -0.1) is 0 Å². The SMILES string of the molecule is O=C1C(Cl)=C(NCCc2cccc(C(F)(F)F)c2)C(=O)c2ccccc21. The molecule has 0 saturated heterocycles. The van der Waals surface area contributed by atoms with Gasteiger partial charge < -0.3 is 5.32 Å². The predicted molar refractivity (Wildman–Crippen MR) is 91.1 cm³/mol. The van der Waals surface area contributed by atoms with E-state index in [0.717, 1.165) is 12.1 Å². The minimum absolute atomic E-state index is 0.0256. The molecular formula is C19H13ClF3NO2. The van der Waals surface area contributed by atoms with Crippen molar-refractivity contribution in [2.24, 2.45) is 0 Å². The quantitative estimate of drug-likeness (QED) is 0.858. The summed E-state index contributed by atoms with van der Waals surface area (Å²) < 4.78 is 38.2. The average Bonchev–Trinajstić information content (AvgIpc) is 2.62. The first-order chi connectivity index (χ1) is 12.3. The van der Waals surface area contributed by atoms with Crippen LogP contribution >= 0.6 is 11.6 Å². The molecule has 134 valence electrons. The minimum atomic E-state index is -4.41. The van der Waals surface area contributed by atoms with Crippen LogP contribution in [0.4, 0.5) is 13.2 Å². The topological polar surface area (TPSA) is 46.2 Å². The van der Waals surface area contributed by atoms with E-state index in [2.05, 4.69) is 5.32 Å². The van der Waals surface area contributed by atoms with Gasteiger partial charge in [0, 0.05) is 17.7 Å². The highest BCUT2D eigenvalue weighted by Gasteiger charge is 2.31. The number of benzene rings is 2. The normalized spacial score (nSPS) is 14.5. The fourth-order valence-electron chi connectivity index (χ4n) is 2.74. The zero-order valence-corrected chi connectivity index (χ0v) is 14.1. The van der Waals surface area contributed by atoms with E-state index >= 15 is 0 Å². The van der Waals surface area contributed by atoms with Crippen molar-refractivity contribution in [2.75, 3.05) is 6.54 Å². The molecule has 1 aliphatic rings. The zero-order chi connectivity index (χ0) is 18.9. The minimum Gasteiger partial charge on any atom is -0.380 e. The summed E-state index contributed by atoms with van der Waals surface area (Å²) in [5, 5.41) is 2.58. The fraction of sp³-hybridized carbons (Fsp3) is 0.158. The van der Waals surface area contributed by atoms with Crippen molar-refractivity contribution in [3.05, 3.63) is 81.5 Å². The number of halogens is 4. The first-order valence-electron chi connectivity index (χ1n) is 7.77. The van der Waals surface area contributed by atoms with Crippen LogP contribution in [-0.4, -0.2) is 18.1 Å². The molecule has 0 saturated carbocycles. The van der Waals surface area contributed by atoms with Crippen LogP contribution in [0.1, 0.15) is 31.8 Å². The number of nitrogens with one attached hydrogen (secondary N) is 1. The molecule has 0 aliphatic heterocycles. The monoisotopic (exact) mass is 379 g/mol. The molecule has 0 radical (unpaired) electrons. The van der Waals surface area contributed by atoms with E-state index in [1.54, 1.807) is 18.2 Å². The van der Waals surface area contributed by atoms with Crippen molar-refractivity contribution < 1.29 is 22.8 Å². The predicted octanol–water partition coefficient (Wildman–Crippen LogP) is 4.37. The van der Waals surface area contributed by atoms with Crippen molar-refractivity contribution in [3.8, 4) is 0 Å². The van der Waals surface area contributed by atoms with Crippen molar-refractivity contribution in [1.29, 1.82) is 0 Å². The average molecular weight is 380 g/mol. The third-order valence-electron chi connectivity index (χ3n) is 4.03. The summed E-state index contributed by atoms with van der Waals surface area (Å²) in [7, 11) is 0. The van der Waals surface area contributed by atoms with Crippen LogP contribution in [0.3, 0.4) is 0 Å². The molecule has 0 heterocycles. The van der Waals surface area contributed by atoms with Gasteiger partial charge in [-0.25, -0.2) is 0 Å². The first-order valence-corrected chi connectivity index (χ1v) is 8.15. The molecule has 0 atom stereocenters. The van der Waals surface area contributed by atoms with Crippen molar-refractivity contribution in [2.45, 2.75) is 12.6 Å². The number of carbonyl (C=O) groups excluding carboxylic acids is 2. The van der Waals surface area contributed by atoms with Gasteiger partial charge in [0.15, 0.2) is 0 Å². The number of carbonyl (C=O) groups is 2. The van der Waals surface area contributed by atoms with Crippen LogP contribution in [0.25, 0.3) is 0 Å². The third-order valence-corrected chi connectivity index (χ3v) is 4.39. The van der Waals surface area contributed by atoms with E-state index < -0.39 is 23.3 Å². The summed E-state index contributed by atoms with van der Waals surface area (Å²) in [5.41, 5.74) is 0.195. The van der Waals surface area contributed by atoms with Crippen molar-refractivity contribution in [1.82, 2.24) is 5.32 Å². The standard InChI is InChI=1S/C19H13ClF3NO2/c20-15-16(18(26)14-7-2-1-6-13(14)17(15)25)24-9-8-11-4-3-5-12(10-11)19(21,22)23/h1-7,10,24H,8-9H2. The Kier molecular flexibility index (Phi) is 4.87. The molecule has 0 aromatic heterocycles. The summed E-state index contributed by atoms with van der Waals surface area (Å²) in [6, 6.07) is 11.3. The molecule has 2 aromatic carbocycles. The van der Waals surface area contributed by atoms with E-state index in [4.69, 9.17) is 11.6 Å². The molecule has 3 nitrogen and oxygen atoms in total. The van der Waals surface area contributed by atoms with Gasteiger partial charge in [-0.05, 0) is 18.1 Å². The molecule has 0 unspecified atom stereocenters. The molecule has 1 N–H and O–H groups in total. The number of allylic oxidation sites excluding steroid dienone is 2. The molecule has 3 rings (SSSR count). The van der Waals surface area contributed by atoms with Gasteiger partial charge >= 0.3 is 6.18 Å². The first kappa shape index (κ1) is 18.2. The highest BCUT2D eigenvalue weighted by Crippen LogP contribution is 2.30. The number of rotatable bonds is 4. The second-order valence-corrected chi connectivity index (χ2v) is 6.15. The highest BCUT2D eigenvalue weighted by molar-refractivity contribution is 6.49. The number of alkyl halides is 3. The van der Waals surface area contributed by atoms with Gasteiger partial charge in [0.25, 0.3) is 0 Å². The zero-order valence-electron chi connectivity index (χ0n) is 13.4. The molecule has 2 aromatic rings. The Hall–Kier alpha value is -2.60. The van der Waals surface area contributed by atoms with Crippen LogP contribution in [0, 0.1) is 0 Å². The lowest BCUT2D eigenvalue weighted by Crippen LogP contribution is -2.30. The van der Waals surface area contributed by atoms with Gasteiger partial charge in [0.1, 0.15) is 10.7 Å². The van der Waals surface area contributed by atoms with Crippen LogP contribution in [0.15, 0.2) is 59.3 Å².